The highest BCUT2D eigenvalue weighted by Crippen LogP contribution is 2.12. The number of ether oxygens (including phenoxy) is 1. The third kappa shape index (κ3) is 3.85. The third-order valence-corrected chi connectivity index (χ3v) is 2.86. The normalized spacial score (nSPS) is 9.94. The van der Waals surface area contributed by atoms with Crippen molar-refractivity contribution in [3.8, 4) is 5.75 Å². The monoisotopic (exact) mass is 341 g/mol. The van der Waals surface area contributed by atoms with Crippen molar-refractivity contribution in [3.63, 3.8) is 0 Å². The zero-order valence-electron chi connectivity index (χ0n) is 9.14. The van der Waals surface area contributed by atoms with E-state index in [1.165, 1.54) is 6.33 Å². The summed E-state index contributed by atoms with van der Waals surface area (Å²) in [5, 5.41) is 3.20. The first kappa shape index (κ1) is 12.1. The number of hydrogen-bond donors (Lipinski definition) is 1. The molecule has 0 amide bonds. The van der Waals surface area contributed by atoms with Crippen molar-refractivity contribution in [1.82, 2.24) is 9.97 Å². The zero-order valence-corrected chi connectivity index (χ0v) is 11.3. The lowest BCUT2D eigenvalue weighted by Gasteiger charge is -2.08. The molecule has 0 saturated carbocycles. The highest BCUT2D eigenvalue weighted by Gasteiger charge is 1.99. The predicted molar refractivity (Wildman–Crippen MR) is 75.2 cm³/mol. The van der Waals surface area contributed by atoms with E-state index in [2.05, 4.69) is 37.9 Å². The van der Waals surface area contributed by atoms with Crippen LogP contribution in [0.4, 0.5) is 5.82 Å². The molecule has 1 aromatic carbocycles. The lowest BCUT2D eigenvalue weighted by atomic mass is 10.3. The van der Waals surface area contributed by atoms with Gasteiger partial charge in [-0.15, -0.1) is 0 Å². The fourth-order valence-corrected chi connectivity index (χ4v) is 1.79. The molecule has 2 rings (SSSR count). The standard InChI is InChI=1S/C12H12IN3O/c13-11-8-14-9-16-12(11)15-6-7-17-10-4-2-1-3-5-10/h1-5,8-9H,6-7H2,(H,14,15,16). The highest BCUT2D eigenvalue weighted by molar-refractivity contribution is 14.1. The van der Waals surface area contributed by atoms with Crippen LogP contribution < -0.4 is 10.1 Å². The third-order valence-electron chi connectivity index (χ3n) is 2.07. The lowest BCUT2D eigenvalue weighted by Crippen LogP contribution is -2.13. The number of halogens is 1. The van der Waals surface area contributed by atoms with Crippen molar-refractivity contribution in [1.29, 1.82) is 0 Å². The second-order valence-electron chi connectivity index (χ2n) is 3.31. The molecule has 88 valence electrons. The lowest BCUT2D eigenvalue weighted by molar-refractivity contribution is 0.332. The number of anilines is 1. The summed E-state index contributed by atoms with van der Waals surface area (Å²) in [7, 11) is 0. The van der Waals surface area contributed by atoms with Crippen molar-refractivity contribution in [2.45, 2.75) is 0 Å². The van der Waals surface area contributed by atoms with Crippen molar-refractivity contribution < 1.29 is 4.74 Å². The van der Waals surface area contributed by atoms with E-state index in [4.69, 9.17) is 4.74 Å². The summed E-state index contributed by atoms with van der Waals surface area (Å²) >= 11 is 2.20. The van der Waals surface area contributed by atoms with Crippen LogP contribution in [0.5, 0.6) is 5.75 Å². The van der Waals surface area contributed by atoms with Gasteiger partial charge in [-0.3, -0.25) is 0 Å². The molecule has 1 heterocycles. The van der Waals surface area contributed by atoms with Crippen molar-refractivity contribution >= 4 is 28.4 Å². The summed E-state index contributed by atoms with van der Waals surface area (Å²) in [6.07, 6.45) is 3.30. The Kier molecular flexibility index (Phi) is 4.54. The van der Waals surface area contributed by atoms with Crippen LogP contribution in [0.2, 0.25) is 0 Å². The molecule has 17 heavy (non-hydrogen) atoms. The van der Waals surface area contributed by atoms with Crippen LogP contribution in [0.1, 0.15) is 0 Å². The Morgan fingerprint density at radius 3 is 2.82 bits per heavy atom. The first-order chi connectivity index (χ1) is 8.36. The molecule has 0 unspecified atom stereocenters. The molecule has 0 spiro atoms. The van der Waals surface area contributed by atoms with Gasteiger partial charge < -0.3 is 10.1 Å². The van der Waals surface area contributed by atoms with Gasteiger partial charge in [-0.05, 0) is 34.7 Å². The summed E-state index contributed by atoms with van der Waals surface area (Å²) in [4.78, 5) is 8.07. The van der Waals surface area contributed by atoms with Crippen LogP contribution in [0.25, 0.3) is 0 Å². The van der Waals surface area contributed by atoms with Crippen molar-refractivity contribution in [3.05, 3.63) is 46.4 Å². The fraction of sp³-hybridized carbons (Fsp3) is 0.167. The number of rotatable bonds is 5. The van der Waals surface area contributed by atoms with E-state index in [1.807, 2.05) is 30.3 Å². The first-order valence-electron chi connectivity index (χ1n) is 5.23. The number of para-hydroxylation sites is 1. The molecule has 0 radical (unpaired) electrons. The topological polar surface area (TPSA) is 47.0 Å². The van der Waals surface area contributed by atoms with Gasteiger partial charge in [0.2, 0.25) is 0 Å². The van der Waals surface area contributed by atoms with Crippen LogP contribution >= 0.6 is 22.6 Å². The number of benzene rings is 1. The fourth-order valence-electron chi connectivity index (χ4n) is 1.30. The van der Waals surface area contributed by atoms with Gasteiger partial charge in [-0.2, -0.15) is 0 Å². The Morgan fingerprint density at radius 2 is 2.06 bits per heavy atom. The van der Waals surface area contributed by atoms with Gasteiger partial charge in [0.15, 0.2) is 0 Å². The second kappa shape index (κ2) is 6.39. The average molecular weight is 341 g/mol. The molecule has 4 nitrogen and oxygen atoms in total. The van der Waals surface area contributed by atoms with E-state index in [0.717, 1.165) is 15.1 Å². The smallest absolute Gasteiger partial charge is 0.142 e. The van der Waals surface area contributed by atoms with Crippen molar-refractivity contribution in [2.24, 2.45) is 0 Å². The summed E-state index contributed by atoms with van der Waals surface area (Å²) < 4.78 is 6.56. The second-order valence-corrected chi connectivity index (χ2v) is 4.47. The molecule has 0 fully saturated rings. The molecular weight excluding hydrogens is 329 g/mol. The van der Waals surface area contributed by atoms with Gasteiger partial charge in [0, 0.05) is 6.20 Å². The molecule has 1 N–H and O–H groups in total. The molecule has 1 aromatic heterocycles. The van der Waals surface area contributed by atoms with Gasteiger partial charge in [0.1, 0.15) is 24.5 Å². The Bertz CT molecular complexity index is 464. The molecule has 0 bridgehead atoms. The highest BCUT2D eigenvalue weighted by atomic mass is 127. The van der Waals surface area contributed by atoms with E-state index in [-0.39, 0.29) is 0 Å². The quantitative estimate of drug-likeness (QED) is 0.671. The van der Waals surface area contributed by atoms with Crippen LogP contribution in [0.3, 0.4) is 0 Å². The van der Waals surface area contributed by atoms with Crippen LogP contribution in [-0.2, 0) is 0 Å². The maximum atomic E-state index is 5.56. The number of nitrogens with one attached hydrogen (secondary N) is 1. The molecule has 0 aliphatic heterocycles. The van der Waals surface area contributed by atoms with Gasteiger partial charge >= 0.3 is 0 Å². The minimum absolute atomic E-state index is 0.601. The Morgan fingerprint density at radius 1 is 1.24 bits per heavy atom. The van der Waals surface area contributed by atoms with Gasteiger partial charge in [0.05, 0.1) is 10.1 Å². The van der Waals surface area contributed by atoms with Crippen LogP contribution in [0, 0.1) is 3.57 Å². The van der Waals surface area contributed by atoms with E-state index < -0.39 is 0 Å². The zero-order chi connectivity index (χ0) is 11.9. The van der Waals surface area contributed by atoms with Crippen molar-refractivity contribution in [2.75, 3.05) is 18.5 Å². The largest absolute Gasteiger partial charge is 0.492 e. The minimum Gasteiger partial charge on any atom is -0.492 e. The number of hydrogen-bond acceptors (Lipinski definition) is 4. The van der Waals surface area contributed by atoms with Gasteiger partial charge in [-0.1, -0.05) is 18.2 Å². The maximum Gasteiger partial charge on any atom is 0.142 e. The molecular formula is C12H12IN3O. The van der Waals surface area contributed by atoms with Crippen LogP contribution in [-0.4, -0.2) is 23.1 Å². The molecule has 2 aromatic rings. The summed E-state index contributed by atoms with van der Waals surface area (Å²) in [5.41, 5.74) is 0. The maximum absolute atomic E-state index is 5.56. The van der Waals surface area contributed by atoms with E-state index in [1.54, 1.807) is 6.20 Å². The molecule has 0 aliphatic rings. The molecule has 0 atom stereocenters. The number of aromatic nitrogens is 2. The van der Waals surface area contributed by atoms with Gasteiger partial charge in [0.25, 0.3) is 0 Å². The molecule has 0 saturated heterocycles. The molecule has 5 heteroatoms. The van der Waals surface area contributed by atoms with E-state index in [9.17, 15) is 0 Å². The van der Waals surface area contributed by atoms with E-state index >= 15 is 0 Å². The van der Waals surface area contributed by atoms with Gasteiger partial charge in [-0.25, -0.2) is 9.97 Å². The SMILES string of the molecule is Ic1cncnc1NCCOc1ccccc1. The molecule has 0 aliphatic carbocycles. The summed E-state index contributed by atoms with van der Waals surface area (Å²) in [6, 6.07) is 9.75. The minimum atomic E-state index is 0.601. The number of nitrogens with zero attached hydrogens (tertiary/aromatic N) is 2. The van der Waals surface area contributed by atoms with Crippen LogP contribution in [0.15, 0.2) is 42.9 Å². The Labute approximate surface area is 114 Å². The Balaban J connectivity index is 1.76. The summed E-state index contributed by atoms with van der Waals surface area (Å²) in [5.74, 6) is 1.73. The average Bonchev–Trinajstić information content (AvgIpc) is 2.38. The first-order valence-corrected chi connectivity index (χ1v) is 6.31. The van der Waals surface area contributed by atoms with E-state index in [0.29, 0.717) is 13.2 Å². The summed E-state index contributed by atoms with van der Waals surface area (Å²) in [6.45, 7) is 1.31. The Hall–Kier alpha value is -1.37. The predicted octanol–water partition coefficient (Wildman–Crippen LogP) is 2.57.